The maximum Gasteiger partial charge on any atom is 0.191 e. The van der Waals surface area contributed by atoms with Gasteiger partial charge in [-0.2, -0.15) is 0 Å². The Hall–Kier alpha value is -1.90. The van der Waals surface area contributed by atoms with Crippen LogP contribution in [0.15, 0.2) is 47.5 Å². The van der Waals surface area contributed by atoms with E-state index in [0.717, 1.165) is 29.9 Å². The van der Waals surface area contributed by atoms with Crippen molar-refractivity contribution in [3.63, 3.8) is 0 Å². The van der Waals surface area contributed by atoms with Crippen molar-refractivity contribution < 1.29 is 4.39 Å². The van der Waals surface area contributed by atoms with Crippen LogP contribution in [0.5, 0.6) is 0 Å². The molecule has 5 nitrogen and oxygen atoms in total. The molecule has 1 aromatic carbocycles. The lowest BCUT2D eigenvalue weighted by atomic mass is 9.95. The molecule has 1 saturated carbocycles. The smallest absolute Gasteiger partial charge is 0.191 e. The lowest BCUT2D eigenvalue weighted by Gasteiger charge is -2.19. The number of nitrogens with one attached hydrogen (secondary N) is 2. The minimum atomic E-state index is -0.126. The summed E-state index contributed by atoms with van der Waals surface area (Å²) >= 11 is 0. The Morgan fingerprint density at radius 3 is 2.52 bits per heavy atom. The first kappa shape index (κ1) is 21.4. The summed E-state index contributed by atoms with van der Waals surface area (Å²) in [4.78, 5) is 10.8. The molecule has 146 valence electrons. The molecule has 2 aromatic rings. The highest BCUT2D eigenvalue weighted by atomic mass is 127. The van der Waals surface area contributed by atoms with Crippen LogP contribution in [0, 0.1) is 5.82 Å². The monoisotopic (exact) mass is 483 g/mol. The highest BCUT2D eigenvalue weighted by Gasteiger charge is 2.45. The van der Waals surface area contributed by atoms with Crippen molar-refractivity contribution >= 4 is 35.8 Å². The molecule has 0 saturated heterocycles. The van der Waals surface area contributed by atoms with Gasteiger partial charge in [-0.3, -0.25) is 4.99 Å². The number of rotatable bonds is 6. The zero-order chi connectivity index (χ0) is 18.6. The molecule has 0 unspecified atom stereocenters. The number of nitrogens with zero attached hydrogens (tertiary/aromatic N) is 3. The van der Waals surface area contributed by atoms with Gasteiger partial charge in [0.15, 0.2) is 5.96 Å². The van der Waals surface area contributed by atoms with Gasteiger partial charge in [0.25, 0.3) is 0 Å². The minimum absolute atomic E-state index is 0. The second-order valence-electron chi connectivity index (χ2n) is 6.92. The molecule has 27 heavy (non-hydrogen) atoms. The highest BCUT2D eigenvalue weighted by molar-refractivity contribution is 14.0. The van der Waals surface area contributed by atoms with E-state index in [-0.39, 0.29) is 35.2 Å². The van der Waals surface area contributed by atoms with Crippen molar-refractivity contribution in [2.75, 3.05) is 32.6 Å². The molecule has 0 atom stereocenters. The molecule has 1 fully saturated rings. The molecule has 0 spiro atoms. The van der Waals surface area contributed by atoms with Crippen molar-refractivity contribution in [1.82, 2.24) is 15.6 Å². The summed E-state index contributed by atoms with van der Waals surface area (Å²) in [5, 5.41) is 6.62. The van der Waals surface area contributed by atoms with E-state index in [1.807, 2.05) is 49.3 Å². The second-order valence-corrected chi connectivity index (χ2v) is 6.92. The molecule has 7 heteroatoms. The topological polar surface area (TPSA) is 52.6 Å². The number of aromatic nitrogens is 1. The average molecular weight is 483 g/mol. The summed E-state index contributed by atoms with van der Waals surface area (Å²) in [6.07, 6.45) is 1.98. The van der Waals surface area contributed by atoms with Gasteiger partial charge in [-0.05, 0) is 36.6 Å². The molecular formula is C20H27FIN5. The summed E-state index contributed by atoms with van der Waals surface area (Å²) < 4.78 is 14.1. The van der Waals surface area contributed by atoms with Gasteiger partial charge in [-0.25, -0.2) is 9.37 Å². The third kappa shape index (κ3) is 5.31. The highest BCUT2D eigenvalue weighted by Crippen LogP contribution is 2.48. The van der Waals surface area contributed by atoms with E-state index in [2.05, 4.69) is 20.6 Å². The molecule has 1 aliphatic carbocycles. The summed E-state index contributed by atoms with van der Waals surface area (Å²) in [6.45, 7) is 1.24. The number of hydrogen-bond donors (Lipinski definition) is 2. The molecule has 1 aliphatic rings. The number of anilines is 1. The van der Waals surface area contributed by atoms with E-state index in [0.29, 0.717) is 19.0 Å². The molecule has 0 aliphatic heterocycles. The van der Waals surface area contributed by atoms with Gasteiger partial charge < -0.3 is 15.5 Å². The molecule has 0 bridgehead atoms. The van der Waals surface area contributed by atoms with Crippen LogP contribution in [-0.4, -0.2) is 38.6 Å². The van der Waals surface area contributed by atoms with Crippen molar-refractivity contribution in [3.8, 4) is 0 Å². The molecular weight excluding hydrogens is 456 g/mol. The molecule has 1 aromatic heterocycles. The summed E-state index contributed by atoms with van der Waals surface area (Å²) in [5.74, 6) is 1.49. The first-order valence-corrected chi connectivity index (χ1v) is 8.87. The second kappa shape index (κ2) is 9.34. The van der Waals surface area contributed by atoms with E-state index in [1.54, 1.807) is 13.1 Å². The summed E-state index contributed by atoms with van der Waals surface area (Å²) in [6, 6.07) is 13.0. The fraction of sp³-hybridized carbons (Fsp3) is 0.400. The zero-order valence-corrected chi connectivity index (χ0v) is 18.3. The Morgan fingerprint density at radius 2 is 1.89 bits per heavy atom. The molecule has 0 amide bonds. The van der Waals surface area contributed by atoms with Crippen molar-refractivity contribution in [3.05, 3.63) is 59.5 Å². The van der Waals surface area contributed by atoms with Crippen LogP contribution in [0.1, 0.15) is 24.1 Å². The standard InChI is InChI=1S/C20H26FN5.HI/c1-22-19(23-13-15-7-6-10-18(25-15)26(2)3)24-14-20(11-12-20)16-8-4-5-9-17(16)21;/h4-10H,11-14H2,1-3H3,(H2,22,23,24);1H. The first-order valence-electron chi connectivity index (χ1n) is 8.87. The van der Waals surface area contributed by atoms with Crippen molar-refractivity contribution in [1.29, 1.82) is 0 Å². The molecule has 0 radical (unpaired) electrons. The maximum atomic E-state index is 14.1. The van der Waals surface area contributed by atoms with E-state index in [9.17, 15) is 4.39 Å². The fourth-order valence-electron chi connectivity index (χ4n) is 3.05. The number of hydrogen-bond acceptors (Lipinski definition) is 3. The van der Waals surface area contributed by atoms with Crippen LogP contribution in [-0.2, 0) is 12.0 Å². The van der Waals surface area contributed by atoms with Gasteiger partial charge in [0.05, 0.1) is 12.2 Å². The quantitative estimate of drug-likeness (QED) is 0.376. The molecule has 3 rings (SSSR count). The van der Waals surface area contributed by atoms with Crippen LogP contribution in [0.2, 0.25) is 0 Å². The number of halogens is 2. The Morgan fingerprint density at radius 1 is 1.15 bits per heavy atom. The molecule has 1 heterocycles. The van der Waals surface area contributed by atoms with Gasteiger partial charge in [-0.15, -0.1) is 24.0 Å². The largest absolute Gasteiger partial charge is 0.363 e. The van der Waals surface area contributed by atoms with Gasteiger partial charge in [0, 0.05) is 33.1 Å². The van der Waals surface area contributed by atoms with E-state index in [4.69, 9.17) is 0 Å². The molecule has 2 N–H and O–H groups in total. The predicted octanol–water partition coefficient (Wildman–Crippen LogP) is 3.30. The van der Waals surface area contributed by atoms with Crippen LogP contribution in [0.4, 0.5) is 10.2 Å². The average Bonchev–Trinajstić information content (AvgIpc) is 3.43. The van der Waals surface area contributed by atoms with E-state index >= 15 is 0 Å². The third-order valence-corrected chi connectivity index (χ3v) is 4.80. The third-order valence-electron chi connectivity index (χ3n) is 4.80. The summed E-state index contributed by atoms with van der Waals surface area (Å²) in [7, 11) is 5.68. The Balaban J connectivity index is 0.00000261. The Kier molecular flexibility index (Phi) is 7.41. The summed E-state index contributed by atoms with van der Waals surface area (Å²) in [5.41, 5.74) is 1.61. The lowest BCUT2D eigenvalue weighted by Crippen LogP contribution is -2.41. The van der Waals surface area contributed by atoms with Crippen LogP contribution in [0.25, 0.3) is 0 Å². The zero-order valence-electron chi connectivity index (χ0n) is 16.0. The lowest BCUT2D eigenvalue weighted by molar-refractivity contribution is 0.559. The first-order chi connectivity index (χ1) is 12.5. The number of pyridine rings is 1. The van der Waals surface area contributed by atoms with Crippen LogP contribution < -0.4 is 15.5 Å². The van der Waals surface area contributed by atoms with Crippen LogP contribution >= 0.6 is 24.0 Å². The minimum Gasteiger partial charge on any atom is -0.363 e. The Labute approximate surface area is 177 Å². The normalized spacial score (nSPS) is 14.9. The predicted molar refractivity (Wildman–Crippen MR) is 119 cm³/mol. The number of guanidine groups is 1. The maximum absolute atomic E-state index is 14.1. The Bertz CT molecular complexity index is 789. The van der Waals surface area contributed by atoms with Gasteiger partial charge in [0.2, 0.25) is 0 Å². The van der Waals surface area contributed by atoms with Crippen LogP contribution in [0.3, 0.4) is 0 Å². The van der Waals surface area contributed by atoms with Crippen molar-refractivity contribution in [2.45, 2.75) is 24.8 Å². The number of aliphatic imine (C=N–C) groups is 1. The number of benzene rings is 1. The van der Waals surface area contributed by atoms with Crippen molar-refractivity contribution in [2.24, 2.45) is 4.99 Å². The van der Waals surface area contributed by atoms with E-state index < -0.39 is 0 Å². The van der Waals surface area contributed by atoms with Gasteiger partial charge >= 0.3 is 0 Å². The van der Waals surface area contributed by atoms with Gasteiger partial charge in [-0.1, -0.05) is 24.3 Å². The van der Waals surface area contributed by atoms with Gasteiger partial charge in [0.1, 0.15) is 11.6 Å². The van der Waals surface area contributed by atoms with E-state index in [1.165, 1.54) is 6.07 Å². The fourth-order valence-corrected chi connectivity index (χ4v) is 3.05. The SMILES string of the molecule is CN=C(NCc1cccc(N(C)C)n1)NCC1(c2ccccc2F)CC1.I.